The Bertz CT molecular complexity index is 509. The van der Waals surface area contributed by atoms with Gasteiger partial charge in [-0.1, -0.05) is 11.8 Å². The van der Waals surface area contributed by atoms with Crippen LogP contribution in [0.2, 0.25) is 0 Å². The topological polar surface area (TPSA) is 92.5 Å². The van der Waals surface area contributed by atoms with E-state index in [4.69, 9.17) is 11.5 Å². The lowest BCUT2D eigenvalue weighted by atomic mass is 10.3. The number of phenolic OH excluding ortho intramolecular Hbond substituents is 2. The van der Waals surface area contributed by atoms with Gasteiger partial charge in [-0.25, -0.2) is 0 Å². The highest BCUT2D eigenvalue weighted by atomic mass is 32.2. The molecule has 2 rings (SSSR count). The number of hydrogen-bond donors (Lipinski definition) is 4. The summed E-state index contributed by atoms with van der Waals surface area (Å²) in [6, 6.07) is 9.72. The van der Waals surface area contributed by atoms with Gasteiger partial charge in [0.25, 0.3) is 0 Å². The smallest absolute Gasteiger partial charge is 0.131 e. The van der Waals surface area contributed by atoms with Crippen LogP contribution in [0.25, 0.3) is 0 Å². The maximum Gasteiger partial charge on any atom is 0.131 e. The lowest BCUT2D eigenvalue weighted by molar-refractivity contribution is 0.460. The van der Waals surface area contributed by atoms with E-state index < -0.39 is 0 Å². The highest BCUT2D eigenvalue weighted by molar-refractivity contribution is 7.99. The lowest BCUT2D eigenvalue weighted by Crippen LogP contribution is -1.86. The highest BCUT2D eigenvalue weighted by Crippen LogP contribution is 2.39. The fraction of sp³-hybridized carbons (Fsp3) is 0. The number of hydrogen-bond acceptors (Lipinski definition) is 5. The monoisotopic (exact) mass is 248 g/mol. The van der Waals surface area contributed by atoms with Crippen molar-refractivity contribution in [1.29, 1.82) is 0 Å². The highest BCUT2D eigenvalue weighted by Gasteiger charge is 2.07. The third-order valence-electron chi connectivity index (χ3n) is 2.19. The quantitative estimate of drug-likeness (QED) is 0.612. The molecule has 0 aliphatic rings. The minimum absolute atomic E-state index is 0.0891. The molecular weight excluding hydrogens is 236 g/mol. The molecule has 0 radical (unpaired) electrons. The maximum atomic E-state index is 9.69. The van der Waals surface area contributed by atoms with Crippen molar-refractivity contribution in [3.8, 4) is 11.5 Å². The first kappa shape index (κ1) is 11.5. The third-order valence-corrected chi connectivity index (χ3v) is 3.32. The third kappa shape index (κ3) is 2.57. The van der Waals surface area contributed by atoms with E-state index in [1.54, 1.807) is 24.3 Å². The van der Waals surface area contributed by atoms with E-state index in [0.717, 1.165) is 0 Å². The van der Waals surface area contributed by atoms with Crippen LogP contribution in [0, 0.1) is 0 Å². The minimum atomic E-state index is 0.0891. The molecule has 2 aromatic carbocycles. The Labute approximate surface area is 103 Å². The van der Waals surface area contributed by atoms with Crippen molar-refractivity contribution in [3.63, 3.8) is 0 Å². The molecular formula is C12H12N2O2S. The van der Waals surface area contributed by atoms with Gasteiger partial charge in [0.2, 0.25) is 0 Å². The van der Waals surface area contributed by atoms with Gasteiger partial charge in [-0.05, 0) is 24.3 Å². The first-order valence-electron chi connectivity index (χ1n) is 4.91. The van der Waals surface area contributed by atoms with Crippen LogP contribution in [0.3, 0.4) is 0 Å². The molecule has 0 aliphatic carbocycles. The Morgan fingerprint density at radius 3 is 1.53 bits per heavy atom. The van der Waals surface area contributed by atoms with Gasteiger partial charge in [0.15, 0.2) is 0 Å². The molecule has 5 heteroatoms. The average Bonchev–Trinajstić information content (AvgIpc) is 2.25. The molecule has 0 fully saturated rings. The average molecular weight is 248 g/mol. The normalized spacial score (nSPS) is 10.4. The number of benzene rings is 2. The summed E-state index contributed by atoms with van der Waals surface area (Å²) < 4.78 is 0. The van der Waals surface area contributed by atoms with Gasteiger partial charge in [-0.2, -0.15) is 0 Å². The van der Waals surface area contributed by atoms with Gasteiger partial charge in [-0.15, -0.1) is 0 Å². The Hall–Kier alpha value is -2.01. The summed E-state index contributed by atoms with van der Waals surface area (Å²) >= 11 is 1.25. The van der Waals surface area contributed by atoms with Crippen molar-refractivity contribution < 1.29 is 10.2 Å². The Kier molecular flexibility index (Phi) is 3.01. The number of nitrogen functional groups attached to an aromatic ring is 2. The van der Waals surface area contributed by atoms with Crippen molar-refractivity contribution >= 4 is 23.1 Å². The van der Waals surface area contributed by atoms with Crippen LogP contribution in [0.1, 0.15) is 0 Å². The zero-order valence-electron chi connectivity index (χ0n) is 8.92. The molecule has 0 bridgehead atoms. The molecule has 88 valence electrons. The molecule has 0 aromatic heterocycles. The number of rotatable bonds is 2. The molecule has 0 atom stereocenters. The number of nitrogens with two attached hydrogens (primary N) is 2. The largest absolute Gasteiger partial charge is 0.507 e. The van der Waals surface area contributed by atoms with Crippen molar-refractivity contribution in [2.45, 2.75) is 9.79 Å². The molecule has 0 aliphatic heterocycles. The van der Waals surface area contributed by atoms with Crippen LogP contribution >= 0.6 is 11.8 Å². The molecule has 4 nitrogen and oxygen atoms in total. The summed E-state index contributed by atoms with van der Waals surface area (Å²) in [5.74, 6) is 0.178. The van der Waals surface area contributed by atoms with E-state index in [1.165, 1.54) is 23.9 Å². The molecule has 0 spiro atoms. The standard InChI is InChI=1S/C12H12N2O2S/c13-7-1-3-11(9(15)5-7)17-12-4-2-8(14)6-10(12)16/h1-6,15-16H,13-14H2. The predicted molar refractivity (Wildman–Crippen MR) is 69.2 cm³/mol. The Morgan fingerprint density at radius 2 is 1.18 bits per heavy atom. The second-order valence-corrected chi connectivity index (χ2v) is 4.64. The predicted octanol–water partition coefficient (Wildman–Crippen LogP) is 2.41. The molecule has 0 saturated heterocycles. The zero-order chi connectivity index (χ0) is 12.4. The van der Waals surface area contributed by atoms with E-state index >= 15 is 0 Å². The number of anilines is 2. The molecule has 0 heterocycles. The van der Waals surface area contributed by atoms with Gasteiger partial charge in [0.05, 0.1) is 9.79 Å². The van der Waals surface area contributed by atoms with Gasteiger partial charge in [-0.3, -0.25) is 0 Å². The van der Waals surface area contributed by atoms with Gasteiger partial charge in [0.1, 0.15) is 11.5 Å². The first-order chi connectivity index (χ1) is 8.06. The van der Waals surface area contributed by atoms with Crippen molar-refractivity contribution in [2.75, 3.05) is 11.5 Å². The molecule has 0 saturated carbocycles. The SMILES string of the molecule is Nc1ccc(Sc2ccc(N)cc2O)c(O)c1. The van der Waals surface area contributed by atoms with Crippen molar-refractivity contribution in [3.05, 3.63) is 36.4 Å². The summed E-state index contributed by atoms with van der Waals surface area (Å²) in [6.45, 7) is 0. The van der Waals surface area contributed by atoms with E-state index in [-0.39, 0.29) is 11.5 Å². The molecule has 0 amide bonds. The summed E-state index contributed by atoms with van der Waals surface area (Å²) in [5, 5.41) is 19.4. The van der Waals surface area contributed by atoms with Crippen molar-refractivity contribution in [1.82, 2.24) is 0 Å². The zero-order valence-corrected chi connectivity index (χ0v) is 9.74. The second kappa shape index (κ2) is 4.47. The van der Waals surface area contributed by atoms with E-state index in [9.17, 15) is 10.2 Å². The Morgan fingerprint density at radius 1 is 0.765 bits per heavy atom. The van der Waals surface area contributed by atoms with E-state index in [2.05, 4.69) is 0 Å². The van der Waals surface area contributed by atoms with Gasteiger partial charge >= 0.3 is 0 Å². The minimum Gasteiger partial charge on any atom is -0.507 e. The summed E-state index contributed by atoms with van der Waals surface area (Å²) in [4.78, 5) is 1.25. The summed E-state index contributed by atoms with van der Waals surface area (Å²) in [6.07, 6.45) is 0. The summed E-state index contributed by atoms with van der Waals surface area (Å²) in [5.41, 5.74) is 12.1. The van der Waals surface area contributed by atoms with Crippen molar-refractivity contribution in [2.24, 2.45) is 0 Å². The van der Waals surface area contributed by atoms with Crippen LogP contribution in [0.5, 0.6) is 11.5 Å². The Balaban J connectivity index is 2.31. The fourth-order valence-corrected chi connectivity index (χ4v) is 2.20. The second-order valence-electron chi connectivity index (χ2n) is 3.56. The van der Waals surface area contributed by atoms with Gasteiger partial charge in [0, 0.05) is 23.5 Å². The lowest BCUT2D eigenvalue weighted by Gasteiger charge is -2.07. The number of aromatic hydroxyl groups is 2. The molecule has 0 unspecified atom stereocenters. The fourth-order valence-electron chi connectivity index (χ4n) is 1.36. The van der Waals surface area contributed by atoms with E-state index in [1.807, 2.05) is 0 Å². The molecule has 6 N–H and O–H groups in total. The van der Waals surface area contributed by atoms with Crippen LogP contribution in [0.15, 0.2) is 46.2 Å². The van der Waals surface area contributed by atoms with Crippen LogP contribution < -0.4 is 11.5 Å². The van der Waals surface area contributed by atoms with E-state index in [0.29, 0.717) is 21.2 Å². The number of phenols is 2. The van der Waals surface area contributed by atoms with Crippen LogP contribution in [-0.2, 0) is 0 Å². The first-order valence-corrected chi connectivity index (χ1v) is 5.73. The molecule has 17 heavy (non-hydrogen) atoms. The maximum absolute atomic E-state index is 9.69. The molecule has 2 aromatic rings. The summed E-state index contributed by atoms with van der Waals surface area (Å²) in [7, 11) is 0. The van der Waals surface area contributed by atoms with Gasteiger partial charge < -0.3 is 21.7 Å². The van der Waals surface area contributed by atoms with Crippen LogP contribution in [-0.4, -0.2) is 10.2 Å². The van der Waals surface area contributed by atoms with Crippen LogP contribution in [0.4, 0.5) is 11.4 Å².